The van der Waals surface area contributed by atoms with E-state index in [-0.39, 0.29) is 5.41 Å². The summed E-state index contributed by atoms with van der Waals surface area (Å²) in [6.45, 7) is 4.66. The molecule has 0 aliphatic heterocycles. The SMILES string of the molecule is CC1(C)c2ccccc2-c2ccc(N(c3cccc(-c4ccccc4)c3)c3ccc4oc(-c5ccc(-c6ccccc6)cc5)nc4c3)cc21. The molecule has 1 heterocycles. The number of oxazole rings is 1. The van der Waals surface area contributed by atoms with Crippen LogP contribution < -0.4 is 4.90 Å². The van der Waals surface area contributed by atoms with Crippen LogP contribution in [0.4, 0.5) is 17.1 Å². The van der Waals surface area contributed by atoms with Crippen molar-refractivity contribution in [1.29, 1.82) is 0 Å². The van der Waals surface area contributed by atoms with E-state index in [2.05, 4.69) is 176 Å². The van der Waals surface area contributed by atoms with E-state index in [4.69, 9.17) is 9.40 Å². The van der Waals surface area contributed by atoms with Gasteiger partial charge in [-0.1, -0.05) is 129 Å². The van der Waals surface area contributed by atoms with Crippen LogP contribution in [-0.2, 0) is 5.41 Å². The monoisotopic (exact) mass is 630 g/mol. The number of benzene rings is 7. The number of nitrogens with zero attached hydrogens (tertiary/aromatic N) is 2. The van der Waals surface area contributed by atoms with Crippen LogP contribution in [0.3, 0.4) is 0 Å². The molecule has 0 atom stereocenters. The minimum atomic E-state index is -0.111. The molecule has 0 unspecified atom stereocenters. The van der Waals surface area contributed by atoms with Crippen molar-refractivity contribution >= 4 is 28.2 Å². The van der Waals surface area contributed by atoms with E-state index >= 15 is 0 Å². The second-order valence-corrected chi connectivity index (χ2v) is 13.3. The summed E-state index contributed by atoms with van der Waals surface area (Å²) in [4.78, 5) is 7.34. The average Bonchev–Trinajstić information content (AvgIpc) is 3.69. The second-order valence-electron chi connectivity index (χ2n) is 13.3. The van der Waals surface area contributed by atoms with Crippen LogP contribution in [0.25, 0.3) is 55.9 Å². The number of hydrogen-bond donors (Lipinski definition) is 0. The minimum Gasteiger partial charge on any atom is -0.436 e. The fraction of sp³-hybridized carbons (Fsp3) is 0.0652. The third-order valence-electron chi connectivity index (χ3n) is 9.91. The number of hydrogen-bond acceptors (Lipinski definition) is 3. The second kappa shape index (κ2) is 11.5. The molecule has 0 saturated carbocycles. The van der Waals surface area contributed by atoms with Gasteiger partial charge in [-0.2, -0.15) is 0 Å². The minimum absolute atomic E-state index is 0.111. The molecule has 1 aromatic heterocycles. The number of anilines is 3. The van der Waals surface area contributed by atoms with Crippen molar-refractivity contribution in [3.63, 3.8) is 0 Å². The van der Waals surface area contributed by atoms with Crippen LogP contribution in [0.1, 0.15) is 25.0 Å². The first-order valence-electron chi connectivity index (χ1n) is 16.8. The van der Waals surface area contributed by atoms with Gasteiger partial charge in [0.1, 0.15) is 5.52 Å². The molecule has 49 heavy (non-hydrogen) atoms. The number of aromatic nitrogens is 1. The van der Waals surface area contributed by atoms with Gasteiger partial charge in [-0.05, 0) is 99.1 Å². The van der Waals surface area contributed by atoms with Gasteiger partial charge < -0.3 is 9.32 Å². The molecule has 8 aromatic rings. The van der Waals surface area contributed by atoms with E-state index in [0.29, 0.717) is 5.89 Å². The summed E-state index contributed by atoms with van der Waals surface area (Å²) in [5, 5.41) is 0. The Morgan fingerprint density at radius 2 is 1.02 bits per heavy atom. The highest BCUT2D eigenvalue weighted by atomic mass is 16.3. The Hall–Kier alpha value is -6.19. The Bertz CT molecular complexity index is 2460. The van der Waals surface area contributed by atoms with Crippen molar-refractivity contribution in [2.75, 3.05) is 4.90 Å². The zero-order valence-corrected chi connectivity index (χ0v) is 27.5. The van der Waals surface area contributed by atoms with E-state index in [9.17, 15) is 0 Å². The van der Waals surface area contributed by atoms with E-state index < -0.39 is 0 Å². The van der Waals surface area contributed by atoms with E-state index in [1.54, 1.807) is 0 Å². The van der Waals surface area contributed by atoms with Crippen molar-refractivity contribution < 1.29 is 4.42 Å². The van der Waals surface area contributed by atoms with E-state index in [0.717, 1.165) is 39.3 Å². The maximum Gasteiger partial charge on any atom is 0.227 e. The topological polar surface area (TPSA) is 29.3 Å². The molecule has 9 rings (SSSR count). The molecule has 7 aromatic carbocycles. The van der Waals surface area contributed by atoms with Crippen LogP contribution in [0.15, 0.2) is 174 Å². The lowest BCUT2D eigenvalue weighted by Crippen LogP contribution is -2.16. The Morgan fingerprint density at radius 3 is 1.80 bits per heavy atom. The summed E-state index contributed by atoms with van der Waals surface area (Å²) in [7, 11) is 0. The molecular weight excluding hydrogens is 597 g/mol. The largest absolute Gasteiger partial charge is 0.436 e. The van der Waals surface area contributed by atoms with Gasteiger partial charge in [0, 0.05) is 28.0 Å². The first kappa shape index (κ1) is 29.0. The molecule has 1 aliphatic carbocycles. The lowest BCUT2D eigenvalue weighted by atomic mass is 9.82. The molecule has 0 fully saturated rings. The Kier molecular flexibility index (Phi) is 6.80. The summed E-state index contributed by atoms with van der Waals surface area (Å²) in [6.07, 6.45) is 0. The molecule has 3 nitrogen and oxygen atoms in total. The molecular formula is C46H34N2O. The highest BCUT2D eigenvalue weighted by Gasteiger charge is 2.35. The van der Waals surface area contributed by atoms with Gasteiger partial charge in [0.15, 0.2) is 5.58 Å². The molecule has 0 amide bonds. The van der Waals surface area contributed by atoms with Crippen LogP contribution in [-0.4, -0.2) is 4.98 Å². The highest BCUT2D eigenvalue weighted by Crippen LogP contribution is 2.50. The van der Waals surface area contributed by atoms with E-state index in [1.165, 1.54) is 38.9 Å². The van der Waals surface area contributed by atoms with Crippen LogP contribution in [0, 0.1) is 0 Å². The van der Waals surface area contributed by atoms with Crippen molar-refractivity contribution in [1.82, 2.24) is 4.98 Å². The van der Waals surface area contributed by atoms with Crippen molar-refractivity contribution in [2.45, 2.75) is 19.3 Å². The molecule has 0 N–H and O–H groups in total. The zero-order valence-electron chi connectivity index (χ0n) is 27.5. The van der Waals surface area contributed by atoms with Crippen molar-refractivity contribution in [3.05, 3.63) is 181 Å². The molecule has 3 heteroatoms. The number of rotatable bonds is 6. The Labute approximate surface area is 286 Å². The lowest BCUT2D eigenvalue weighted by molar-refractivity contribution is 0.620. The zero-order chi connectivity index (χ0) is 33.0. The quantitative estimate of drug-likeness (QED) is 0.183. The maximum atomic E-state index is 6.32. The first-order chi connectivity index (χ1) is 24.0. The smallest absolute Gasteiger partial charge is 0.227 e. The van der Waals surface area contributed by atoms with Crippen LogP contribution in [0.5, 0.6) is 0 Å². The third-order valence-corrected chi connectivity index (χ3v) is 9.91. The first-order valence-corrected chi connectivity index (χ1v) is 16.8. The maximum absolute atomic E-state index is 6.32. The standard InChI is InChI=1S/C46H34N2O/c1-46(2)41-19-10-9-18-39(41)40-26-24-37(29-42(40)46)48(36-17-11-16-35(28-36)32-14-7-4-8-15-32)38-25-27-44-43(30-38)47-45(49-44)34-22-20-33(21-23-34)31-12-5-3-6-13-31/h3-30H,1-2H3. The van der Waals surface area contributed by atoms with Gasteiger partial charge >= 0.3 is 0 Å². The molecule has 0 radical (unpaired) electrons. The summed E-state index contributed by atoms with van der Waals surface area (Å²) in [5.41, 5.74) is 15.6. The molecule has 0 saturated heterocycles. The predicted molar refractivity (Wildman–Crippen MR) is 203 cm³/mol. The van der Waals surface area contributed by atoms with Gasteiger partial charge in [-0.3, -0.25) is 0 Å². The highest BCUT2D eigenvalue weighted by molar-refractivity contribution is 5.89. The van der Waals surface area contributed by atoms with Crippen LogP contribution >= 0.6 is 0 Å². The van der Waals surface area contributed by atoms with Gasteiger partial charge in [0.2, 0.25) is 5.89 Å². The Balaban J connectivity index is 1.15. The number of fused-ring (bicyclic) bond motifs is 4. The van der Waals surface area contributed by atoms with Gasteiger partial charge in [-0.15, -0.1) is 0 Å². The summed E-state index contributed by atoms with van der Waals surface area (Å²) in [6, 6.07) is 60.2. The summed E-state index contributed by atoms with van der Waals surface area (Å²) in [5.74, 6) is 0.612. The van der Waals surface area contributed by atoms with Crippen LogP contribution in [0.2, 0.25) is 0 Å². The fourth-order valence-corrected chi connectivity index (χ4v) is 7.35. The van der Waals surface area contributed by atoms with E-state index in [1.807, 2.05) is 12.1 Å². The predicted octanol–water partition coefficient (Wildman–Crippen LogP) is 12.6. The third kappa shape index (κ3) is 5.03. The lowest BCUT2D eigenvalue weighted by Gasteiger charge is -2.28. The molecule has 234 valence electrons. The van der Waals surface area contributed by atoms with Gasteiger partial charge in [0.05, 0.1) is 0 Å². The fourth-order valence-electron chi connectivity index (χ4n) is 7.35. The summed E-state index contributed by atoms with van der Waals surface area (Å²) < 4.78 is 6.32. The molecule has 1 aliphatic rings. The summed E-state index contributed by atoms with van der Waals surface area (Å²) >= 11 is 0. The van der Waals surface area contributed by atoms with Crippen molar-refractivity contribution in [3.8, 4) is 44.8 Å². The normalized spacial score (nSPS) is 12.9. The molecule has 0 spiro atoms. The Morgan fingerprint density at radius 1 is 0.449 bits per heavy atom. The van der Waals surface area contributed by atoms with Gasteiger partial charge in [-0.25, -0.2) is 4.98 Å². The molecule has 0 bridgehead atoms. The van der Waals surface area contributed by atoms with Gasteiger partial charge in [0.25, 0.3) is 0 Å². The average molecular weight is 631 g/mol. The van der Waals surface area contributed by atoms with Crippen molar-refractivity contribution in [2.24, 2.45) is 0 Å².